The molecule has 0 radical (unpaired) electrons. The molecular formula is C13H15NO3S2. The molecule has 0 saturated carbocycles. The number of thiophene rings is 1. The first-order chi connectivity index (χ1) is 9.08. The number of rotatable bonds is 5. The molecule has 1 aromatic carbocycles. The summed E-state index contributed by atoms with van der Waals surface area (Å²) in [6, 6.07) is 8.80. The van der Waals surface area contributed by atoms with Crippen molar-refractivity contribution in [2.45, 2.75) is 24.8 Å². The van der Waals surface area contributed by atoms with Crippen molar-refractivity contribution < 1.29 is 13.5 Å². The standard InChI is InChI=1S/C13H15NO3S2/c1-2-10-5-3-4-6-11(10)14-19(16,17)13-7-8-18-12(13)9-15/h3-8,14-15H,2,9H2,1H3. The van der Waals surface area contributed by atoms with Gasteiger partial charge in [0, 0.05) is 0 Å². The van der Waals surface area contributed by atoms with E-state index in [1.165, 1.54) is 17.4 Å². The zero-order chi connectivity index (χ0) is 13.9. The van der Waals surface area contributed by atoms with Crippen LogP contribution in [-0.4, -0.2) is 13.5 Å². The molecular weight excluding hydrogens is 282 g/mol. The summed E-state index contributed by atoms with van der Waals surface area (Å²) in [4.78, 5) is 0.590. The first kappa shape index (κ1) is 14.0. The summed E-state index contributed by atoms with van der Waals surface area (Å²) in [5.74, 6) is 0. The summed E-state index contributed by atoms with van der Waals surface area (Å²) in [6.45, 7) is 1.69. The van der Waals surface area contributed by atoms with Crippen LogP contribution in [0, 0.1) is 0 Å². The Morgan fingerprint density at radius 3 is 2.68 bits per heavy atom. The molecule has 102 valence electrons. The number of hydrogen-bond acceptors (Lipinski definition) is 4. The summed E-state index contributed by atoms with van der Waals surface area (Å²) in [5.41, 5.74) is 1.52. The lowest BCUT2D eigenvalue weighted by atomic mass is 10.1. The van der Waals surface area contributed by atoms with E-state index in [4.69, 9.17) is 5.11 Å². The number of aliphatic hydroxyl groups is 1. The number of nitrogens with one attached hydrogen (secondary N) is 1. The van der Waals surface area contributed by atoms with Gasteiger partial charge in [0.15, 0.2) is 0 Å². The predicted octanol–water partition coefficient (Wildman–Crippen LogP) is 2.60. The Hall–Kier alpha value is -1.37. The van der Waals surface area contributed by atoms with Gasteiger partial charge >= 0.3 is 0 Å². The van der Waals surface area contributed by atoms with E-state index in [0.717, 1.165) is 12.0 Å². The summed E-state index contributed by atoms with van der Waals surface area (Å²) in [5, 5.41) is 10.8. The van der Waals surface area contributed by atoms with Gasteiger partial charge in [-0.2, -0.15) is 0 Å². The number of sulfonamides is 1. The van der Waals surface area contributed by atoms with Gasteiger partial charge in [0.1, 0.15) is 4.90 Å². The van der Waals surface area contributed by atoms with Crippen LogP contribution >= 0.6 is 11.3 Å². The highest BCUT2D eigenvalue weighted by Crippen LogP contribution is 2.25. The second kappa shape index (κ2) is 5.73. The maximum Gasteiger partial charge on any atom is 0.263 e. The molecule has 4 nitrogen and oxygen atoms in total. The monoisotopic (exact) mass is 297 g/mol. The molecule has 1 heterocycles. The highest BCUT2D eigenvalue weighted by Gasteiger charge is 2.20. The quantitative estimate of drug-likeness (QED) is 0.891. The van der Waals surface area contributed by atoms with Crippen LogP contribution in [0.3, 0.4) is 0 Å². The van der Waals surface area contributed by atoms with E-state index >= 15 is 0 Å². The third-order valence-electron chi connectivity index (χ3n) is 2.78. The highest BCUT2D eigenvalue weighted by molar-refractivity contribution is 7.93. The fraction of sp³-hybridized carbons (Fsp3) is 0.231. The van der Waals surface area contributed by atoms with E-state index < -0.39 is 10.0 Å². The van der Waals surface area contributed by atoms with Gasteiger partial charge in [-0.1, -0.05) is 25.1 Å². The lowest BCUT2D eigenvalue weighted by Crippen LogP contribution is -2.14. The first-order valence-electron chi connectivity index (χ1n) is 5.86. The zero-order valence-electron chi connectivity index (χ0n) is 10.5. The van der Waals surface area contributed by atoms with E-state index in [9.17, 15) is 8.42 Å². The van der Waals surface area contributed by atoms with Crippen LogP contribution in [0.15, 0.2) is 40.6 Å². The van der Waals surface area contributed by atoms with Gasteiger partial charge < -0.3 is 5.11 Å². The van der Waals surface area contributed by atoms with Gasteiger partial charge in [0.2, 0.25) is 0 Å². The molecule has 6 heteroatoms. The summed E-state index contributed by atoms with van der Waals surface area (Å²) in [7, 11) is -3.64. The second-order valence-corrected chi connectivity index (χ2v) is 6.63. The molecule has 0 aliphatic carbocycles. The topological polar surface area (TPSA) is 66.4 Å². The largest absolute Gasteiger partial charge is 0.391 e. The number of para-hydroxylation sites is 1. The maximum absolute atomic E-state index is 12.3. The average molecular weight is 297 g/mol. The molecule has 0 amide bonds. The maximum atomic E-state index is 12.3. The Bertz CT molecular complexity index is 662. The van der Waals surface area contributed by atoms with E-state index in [2.05, 4.69) is 4.72 Å². The van der Waals surface area contributed by atoms with Crippen LogP contribution in [0.4, 0.5) is 5.69 Å². The zero-order valence-corrected chi connectivity index (χ0v) is 12.1. The van der Waals surface area contributed by atoms with Crippen LogP contribution in [0.2, 0.25) is 0 Å². The fourth-order valence-electron chi connectivity index (χ4n) is 1.81. The molecule has 19 heavy (non-hydrogen) atoms. The first-order valence-corrected chi connectivity index (χ1v) is 8.22. The second-order valence-electron chi connectivity index (χ2n) is 3.98. The molecule has 0 atom stereocenters. The Kier molecular flexibility index (Phi) is 4.24. The Morgan fingerprint density at radius 1 is 1.26 bits per heavy atom. The number of anilines is 1. The van der Waals surface area contributed by atoms with Crippen LogP contribution in [0.5, 0.6) is 0 Å². The molecule has 0 saturated heterocycles. The Morgan fingerprint density at radius 2 is 2.00 bits per heavy atom. The molecule has 0 aliphatic rings. The van der Waals surface area contributed by atoms with Gasteiger partial charge in [0.25, 0.3) is 10.0 Å². The Labute approximate surface area is 116 Å². The van der Waals surface area contributed by atoms with Crippen molar-refractivity contribution in [3.8, 4) is 0 Å². The van der Waals surface area contributed by atoms with Gasteiger partial charge in [-0.15, -0.1) is 11.3 Å². The SMILES string of the molecule is CCc1ccccc1NS(=O)(=O)c1ccsc1CO. The van der Waals surface area contributed by atoms with Crippen LogP contribution in [0.1, 0.15) is 17.4 Å². The molecule has 2 aromatic rings. The molecule has 0 spiro atoms. The van der Waals surface area contributed by atoms with Crippen molar-refractivity contribution >= 4 is 27.0 Å². The number of aliphatic hydroxyl groups excluding tert-OH is 1. The van der Waals surface area contributed by atoms with Crippen molar-refractivity contribution in [3.63, 3.8) is 0 Å². The van der Waals surface area contributed by atoms with Gasteiger partial charge in [-0.05, 0) is 29.5 Å². The smallest absolute Gasteiger partial charge is 0.263 e. The van der Waals surface area contributed by atoms with Crippen LogP contribution < -0.4 is 4.72 Å². The molecule has 1 aromatic heterocycles. The summed E-state index contributed by atoms with van der Waals surface area (Å²) in [6.07, 6.45) is 0.745. The van der Waals surface area contributed by atoms with Gasteiger partial charge in [-0.3, -0.25) is 4.72 Å². The number of hydrogen-bond donors (Lipinski definition) is 2. The summed E-state index contributed by atoms with van der Waals surface area (Å²) >= 11 is 1.23. The minimum Gasteiger partial charge on any atom is -0.391 e. The Balaban J connectivity index is 2.37. The van der Waals surface area contributed by atoms with E-state index in [0.29, 0.717) is 10.6 Å². The molecule has 0 aliphatic heterocycles. The van der Waals surface area contributed by atoms with Crippen LogP contribution in [0.25, 0.3) is 0 Å². The van der Waals surface area contributed by atoms with E-state index in [-0.39, 0.29) is 11.5 Å². The van der Waals surface area contributed by atoms with Gasteiger partial charge in [-0.25, -0.2) is 8.42 Å². The lowest BCUT2D eigenvalue weighted by molar-refractivity contribution is 0.282. The van der Waals surface area contributed by atoms with Crippen molar-refractivity contribution in [2.24, 2.45) is 0 Å². The van der Waals surface area contributed by atoms with Crippen molar-refractivity contribution in [3.05, 3.63) is 46.2 Å². The number of benzene rings is 1. The van der Waals surface area contributed by atoms with Crippen molar-refractivity contribution in [2.75, 3.05) is 4.72 Å². The fourth-order valence-corrected chi connectivity index (χ4v) is 4.21. The van der Waals surface area contributed by atoms with E-state index in [1.54, 1.807) is 17.5 Å². The molecule has 0 unspecified atom stereocenters. The lowest BCUT2D eigenvalue weighted by Gasteiger charge is -2.11. The minimum absolute atomic E-state index is 0.144. The number of aryl methyl sites for hydroxylation is 1. The molecule has 2 rings (SSSR count). The molecule has 0 bridgehead atoms. The summed E-state index contributed by atoms with van der Waals surface area (Å²) < 4.78 is 27.2. The molecule has 2 N–H and O–H groups in total. The van der Waals surface area contributed by atoms with E-state index in [1.807, 2.05) is 19.1 Å². The normalized spacial score (nSPS) is 11.5. The van der Waals surface area contributed by atoms with Crippen molar-refractivity contribution in [1.29, 1.82) is 0 Å². The van der Waals surface area contributed by atoms with Crippen LogP contribution in [-0.2, 0) is 23.1 Å². The minimum atomic E-state index is -3.64. The van der Waals surface area contributed by atoms with Gasteiger partial charge in [0.05, 0.1) is 17.2 Å². The predicted molar refractivity (Wildman–Crippen MR) is 76.9 cm³/mol. The third-order valence-corrected chi connectivity index (χ3v) is 5.27. The molecule has 0 fully saturated rings. The third kappa shape index (κ3) is 2.97. The average Bonchev–Trinajstić information content (AvgIpc) is 2.88. The van der Waals surface area contributed by atoms with Crippen molar-refractivity contribution in [1.82, 2.24) is 0 Å². The highest BCUT2D eigenvalue weighted by atomic mass is 32.2.